The quantitative estimate of drug-likeness (QED) is 0.645. The number of hydrazone groups is 1. The fourth-order valence-corrected chi connectivity index (χ4v) is 3.87. The molecule has 1 aliphatic heterocycles. The van der Waals surface area contributed by atoms with Crippen LogP contribution in [0.25, 0.3) is 0 Å². The molecule has 2 aromatic carbocycles. The number of aliphatic carboxylic acids is 1. The third-order valence-corrected chi connectivity index (χ3v) is 5.33. The van der Waals surface area contributed by atoms with E-state index in [0.29, 0.717) is 28.9 Å². The molecule has 0 fully saturated rings. The van der Waals surface area contributed by atoms with Crippen molar-refractivity contribution in [3.05, 3.63) is 65.5 Å². The van der Waals surface area contributed by atoms with E-state index < -0.39 is 27.9 Å². The number of carbonyl (C=O) groups excluding carboxylic acids is 1. The summed E-state index contributed by atoms with van der Waals surface area (Å²) in [7, 11) is -3.40. The number of benzene rings is 2. The number of rotatable bonds is 8. The lowest BCUT2D eigenvalue weighted by molar-refractivity contribution is -0.137. The predicted octanol–water partition coefficient (Wildman–Crippen LogP) is 3.13. The van der Waals surface area contributed by atoms with Crippen LogP contribution in [0.4, 0.5) is 10.1 Å². The molecule has 0 radical (unpaired) electrons. The van der Waals surface area contributed by atoms with Crippen LogP contribution in [0.2, 0.25) is 0 Å². The molecular weight excluding hydrogens is 425 g/mol. The number of amides is 1. The Hall–Kier alpha value is -3.27. The number of carbonyl (C=O) groups is 2. The molecule has 1 atom stereocenters. The standard InChI is InChI=1S/C21H22FN3O5S/c1-31(29,30)24-17-11-7-14(8-12-17)18-13-19(15-5-9-16(22)10-6-15)25(23-18)20(26)3-2-4-21(27)28/h5-12,19,24H,2-4,13H2,1H3,(H,27,28)/t19-/m1/s1. The Morgan fingerprint density at radius 2 is 1.77 bits per heavy atom. The van der Waals surface area contributed by atoms with Crippen molar-refractivity contribution in [2.75, 3.05) is 11.0 Å². The highest BCUT2D eigenvalue weighted by Crippen LogP contribution is 2.33. The summed E-state index contributed by atoms with van der Waals surface area (Å²) in [6.45, 7) is 0. The van der Waals surface area contributed by atoms with Gasteiger partial charge in [-0.25, -0.2) is 17.8 Å². The fraction of sp³-hybridized carbons (Fsp3) is 0.286. The first-order valence-corrected chi connectivity index (χ1v) is 11.5. The number of sulfonamides is 1. The summed E-state index contributed by atoms with van der Waals surface area (Å²) in [4.78, 5) is 23.5. The number of nitrogens with zero attached hydrogens (tertiary/aromatic N) is 2. The lowest BCUT2D eigenvalue weighted by Crippen LogP contribution is -2.27. The first-order valence-electron chi connectivity index (χ1n) is 9.57. The van der Waals surface area contributed by atoms with Gasteiger partial charge in [0.1, 0.15) is 5.82 Å². The van der Waals surface area contributed by atoms with Gasteiger partial charge in [0, 0.05) is 24.9 Å². The van der Waals surface area contributed by atoms with Crippen molar-refractivity contribution < 1.29 is 27.5 Å². The molecule has 10 heteroatoms. The van der Waals surface area contributed by atoms with Gasteiger partial charge in [-0.1, -0.05) is 24.3 Å². The van der Waals surface area contributed by atoms with Crippen LogP contribution in [0.5, 0.6) is 0 Å². The Bertz CT molecular complexity index is 1100. The summed E-state index contributed by atoms with van der Waals surface area (Å²) in [5, 5.41) is 14.6. The van der Waals surface area contributed by atoms with Gasteiger partial charge < -0.3 is 5.11 Å². The highest BCUT2D eigenvalue weighted by molar-refractivity contribution is 7.92. The van der Waals surface area contributed by atoms with E-state index in [1.54, 1.807) is 36.4 Å². The molecule has 0 spiro atoms. The molecule has 0 saturated heterocycles. The van der Waals surface area contributed by atoms with E-state index in [9.17, 15) is 22.4 Å². The van der Waals surface area contributed by atoms with E-state index in [1.807, 2.05) is 0 Å². The number of halogens is 1. The summed E-state index contributed by atoms with van der Waals surface area (Å²) in [5.41, 5.74) is 2.45. The molecule has 2 aromatic rings. The molecule has 1 aliphatic rings. The van der Waals surface area contributed by atoms with Gasteiger partial charge in [0.05, 0.1) is 18.0 Å². The van der Waals surface area contributed by atoms with E-state index in [-0.39, 0.29) is 25.2 Å². The molecule has 1 amide bonds. The average molecular weight is 447 g/mol. The van der Waals surface area contributed by atoms with Crippen molar-refractivity contribution in [1.82, 2.24) is 5.01 Å². The van der Waals surface area contributed by atoms with Gasteiger partial charge in [-0.05, 0) is 41.8 Å². The number of carboxylic acids is 1. The molecule has 8 nitrogen and oxygen atoms in total. The molecule has 0 aliphatic carbocycles. The van der Waals surface area contributed by atoms with Crippen LogP contribution in [0.1, 0.15) is 42.9 Å². The minimum Gasteiger partial charge on any atom is -0.481 e. The topological polar surface area (TPSA) is 116 Å². The van der Waals surface area contributed by atoms with Gasteiger partial charge in [0.2, 0.25) is 15.9 Å². The Kier molecular flexibility index (Phi) is 6.69. The van der Waals surface area contributed by atoms with E-state index in [1.165, 1.54) is 17.1 Å². The Morgan fingerprint density at radius 1 is 1.13 bits per heavy atom. The van der Waals surface area contributed by atoms with Crippen molar-refractivity contribution >= 4 is 33.3 Å². The zero-order chi connectivity index (χ0) is 22.6. The van der Waals surface area contributed by atoms with Crippen LogP contribution in [0.15, 0.2) is 53.6 Å². The summed E-state index contributed by atoms with van der Waals surface area (Å²) in [5.74, 6) is -1.69. The summed E-state index contributed by atoms with van der Waals surface area (Å²) >= 11 is 0. The number of nitrogens with one attached hydrogen (secondary N) is 1. The summed E-state index contributed by atoms with van der Waals surface area (Å²) < 4.78 is 38.5. The number of hydrogen-bond donors (Lipinski definition) is 2. The zero-order valence-electron chi connectivity index (χ0n) is 16.8. The molecular formula is C21H22FN3O5S. The molecule has 3 rings (SSSR count). The number of hydrogen-bond acceptors (Lipinski definition) is 5. The molecule has 1 heterocycles. The maximum absolute atomic E-state index is 13.4. The molecule has 0 saturated carbocycles. The molecule has 31 heavy (non-hydrogen) atoms. The van der Waals surface area contributed by atoms with Gasteiger partial charge in [-0.15, -0.1) is 0 Å². The van der Waals surface area contributed by atoms with Crippen molar-refractivity contribution in [3.63, 3.8) is 0 Å². The average Bonchev–Trinajstić information content (AvgIpc) is 3.13. The first-order chi connectivity index (χ1) is 14.6. The third kappa shape index (κ3) is 6.11. The summed E-state index contributed by atoms with van der Waals surface area (Å²) in [6, 6.07) is 12.0. The maximum Gasteiger partial charge on any atom is 0.303 e. The van der Waals surface area contributed by atoms with E-state index >= 15 is 0 Å². The molecule has 0 bridgehead atoms. The van der Waals surface area contributed by atoms with Crippen LogP contribution >= 0.6 is 0 Å². The van der Waals surface area contributed by atoms with Crippen molar-refractivity contribution in [3.8, 4) is 0 Å². The maximum atomic E-state index is 13.4. The van der Waals surface area contributed by atoms with Crippen LogP contribution in [0, 0.1) is 5.82 Å². The van der Waals surface area contributed by atoms with Crippen LogP contribution < -0.4 is 4.72 Å². The van der Waals surface area contributed by atoms with Crippen LogP contribution in [-0.4, -0.2) is 42.4 Å². The monoisotopic (exact) mass is 447 g/mol. The second-order valence-electron chi connectivity index (χ2n) is 7.26. The first kappa shape index (κ1) is 22.4. The minimum atomic E-state index is -3.40. The highest BCUT2D eigenvalue weighted by atomic mass is 32.2. The normalized spacial score (nSPS) is 16.1. The highest BCUT2D eigenvalue weighted by Gasteiger charge is 2.32. The number of carboxylic acid groups (broad SMARTS) is 1. The van der Waals surface area contributed by atoms with E-state index in [2.05, 4.69) is 9.82 Å². The smallest absolute Gasteiger partial charge is 0.303 e. The Labute approximate surface area is 179 Å². The fourth-order valence-electron chi connectivity index (χ4n) is 3.31. The zero-order valence-corrected chi connectivity index (χ0v) is 17.6. The van der Waals surface area contributed by atoms with Crippen LogP contribution in [0.3, 0.4) is 0 Å². The van der Waals surface area contributed by atoms with Crippen molar-refractivity contribution in [2.24, 2.45) is 5.10 Å². The molecule has 0 unspecified atom stereocenters. The second-order valence-corrected chi connectivity index (χ2v) is 9.00. The van der Waals surface area contributed by atoms with Gasteiger partial charge in [0.15, 0.2) is 0 Å². The van der Waals surface area contributed by atoms with Crippen molar-refractivity contribution in [1.29, 1.82) is 0 Å². The lowest BCUT2D eigenvalue weighted by atomic mass is 9.98. The predicted molar refractivity (Wildman–Crippen MR) is 114 cm³/mol. The third-order valence-electron chi connectivity index (χ3n) is 4.72. The van der Waals surface area contributed by atoms with E-state index in [0.717, 1.165) is 6.26 Å². The SMILES string of the molecule is CS(=O)(=O)Nc1ccc(C2=NN(C(=O)CCCC(=O)O)[C@@H](c3ccc(F)cc3)C2)cc1. The van der Waals surface area contributed by atoms with Gasteiger partial charge in [0.25, 0.3) is 0 Å². The van der Waals surface area contributed by atoms with Gasteiger partial charge >= 0.3 is 5.97 Å². The van der Waals surface area contributed by atoms with Crippen molar-refractivity contribution in [2.45, 2.75) is 31.7 Å². The Morgan fingerprint density at radius 3 is 2.35 bits per heavy atom. The number of anilines is 1. The molecule has 0 aromatic heterocycles. The van der Waals surface area contributed by atoms with Gasteiger partial charge in [-0.3, -0.25) is 14.3 Å². The summed E-state index contributed by atoms with van der Waals surface area (Å²) in [6.07, 6.45) is 1.54. The molecule has 2 N–H and O–H groups in total. The lowest BCUT2D eigenvalue weighted by Gasteiger charge is -2.22. The Balaban J connectivity index is 1.84. The van der Waals surface area contributed by atoms with Crippen LogP contribution in [-0.2, 0) is 19.6 Å². The molecule has 164 valence electrons. The largest absolute Gasteiger partial charge is 0.481 e. The minimum absolute atomic E-state index is 0.0258. The van der Waals surface area contributed by atoms with E-state index in [4.69, 9.17) is 5.11 Å². The van der Waals surface area contributed by atoms with Gasteiger partial charge in [-0.2, -0.15) is 5.10 Å². The second kappa shape index (κ2) is 9.25.